The molecule has 0 radical (unpaired) electrons. The third kappa shape index (κ3) is 3.68. The van der Waals surface area contributed by atoms with Crippen molar-refractivity contribution in [3.63, 3.8) is 0 Å². The van der Waals surface area contributed by atoms with E-state index in [0.717, 1.165) is 11.1 Å². The van der Waals surface area contributed by atoms with Crippen LogP contribution in [0.4, 0.5) is 0 Å². The first kappa shape index (κ1) is 17.4. The zero-order chi connectivity index (χ0) is 16.5. The minimum absolute atomic E-state index is 0.0508. The van der Waals surface area contributed by atoms with Crippen LogP contribution in [0.1, 0.15) is 31.9 Å². The molecule has 0 bridgehead atoms. The Morgan fingerprint density at radius 2 is 1.86 bits per heavy atom. The van der Waals surface area contributed by atoms with E-state index in [0.29, 0.717) is 13.0 Å². The molecule has 1 aromatic rings. The number of benzene rings is 1. The highest BCUT2D eigenvalue weighted by Crippen LogP contribution is 2.24. The Morgan fingerprint density at radius 1 is 1.18 bits per heavy atom. The third-order valence-corrected chi connectivity index (χ3v) is 7.10. The highest BCUT2D eigenvalue weighted by atomic mass is 32.2. The van der Waals surface area contributed by atoms with E-state index in [9.17, 15) is 16.8 Å². The van der Waals surface area contributed by atoms with E-state index in [1.54, 1.807) is 39.0 Å². The first-order chi connectivity index (χ1) is 10.2. The van der Waals surface area contributed by atoms with Gasteiger partial charge in [-0.1, -0.05) is 6.07 Å². The number of nitrogens with one attached hydrogen (secondary N) is 1. The van der Waals surface area contributed by atoms with Crippen molar-refractivity contribution in [3.8, 4) is 0 Å². The van der Waals surface area contributed by atoms with Crippen LogP contribution in [0, 0.1) is 0 Å². The minimum atomic E-state index is -3.57. The van der Waals surface area contributed by atoms with Gasteiger partial charge in [-0.2, -0.15) is 4.31 Å². The van der Waals surface area contributed by atoms with E-state index in [4.69, 9.17) is 0 Å². The first-order valence-corrected chi connectivity index (χ1v) is 10.4. The minimum Gasteiger partial charge on any atom is -0.212 e. The quantitative estimate of drug-likeness (QED) is 0.865. The molecule has 124 valence electrons. The molecule has 2 rings (SSSR count). The van der Waals surface area contributed by atoms with Crippen molar-refractivity contribution in [3.05, 3.63) is 29.3 Å². The largest absolute Gasteiger partial charge is 0.240 e. The lowest BCUT2D eigenvalue weighted by Gasteiger charge is -2.28. The molecule has 0 amide bonds. The molecule has 0 spiro atoms. The van der Waals surface area contributed by atoms with Crippen molar-refractivity contribution >= 4 is 20.0 Å². The van der Waals surface area contributed by atoms with Gasteiger partial charge in [0.1, 0.15) is 0 Å². The smallest absolute Gasteiger partial charge is 0.212 e. The molecular formula is C14H22N2O4S2. The van der Waals surface area contributed by atoms with Gasteiger partial charge in [-0.25, -0.2) is 21.6 Å². The van der Waals surface area contributed by atoms with Gasteiger partial charge in [0.15, 0.2) is 0 Å². The van der Waals surface area contributed by atoms with Crippen molar-refractivity contribution in [2.24, 2.45) is 0 Å². The maximum atomic E-state index is 12.2. The Kier molecular flexibility index (Phi) is 4.96. The first-order valence-electron chi connectivity index (χ1n) is 7.27. The van der Waals surface area contributed by atoms with Crippen LogP contribution < -0.4 is 4.72 Å². The SMILES string of the molecule is CCS(=O)(=O)N1CCc2ccc(S(=O)(=O)NC(C)C)cc2C1. The summed E-state index contributed by atoms with van der Waals surface area (Å²) in [6, 6.07) is 4.74. The van der Waals surface area contributed by atoms with Gasteiger partial charge in [-0.3, -0.25) is 0 Å². The van der Waals surface area contributed by atoms with Crippen LogP contribution in [0.5, 0.6) is 0 Å². The lowest BCUT2D eigenvalue weighted by molar-refractivity contribution is 0.391. The fourth-order valence-corrected chi connectivity index (χ4v) is 4.84. The van der Waals surface area contributed by atoms with Gasteiger partial charge in [0.2, 0.25) is 20.0 Å². The van der Waals surface area contributed by atoms with Gasteiger partial charge < -0.3 is 0 Å². The molecule has 0 saturated carbocycles. The Hall–Kier alpha value is -0.960. The molecule has 0 unspecified atom stereocenters. The summed E-state index contributed by atoms with van der Waals surface area (Å²) in [6.07, 6.45) is 0.604. The number of nitrogens with zero attached hydrogens (tertiary/aromatic N) is 1. The lowest BCUT2D eigenvalue weighted by Crippen LogP contribution is -2.37. The molecular weight excluding hydrogens is 324 g/mol. The predicted octanol–water partition coefficient (Wildman–Crippen LogP) is 1.08. The molecule has 1 heterocycles. The second-order valence-electron chi connectivity index (χ2n) is 5.69. The van der Waals surface area contributed by atoms with Crippen molar-refractivity contribution in [2.75, 3.05) is 12.3 Å². The van der Waals surface area contributed by atoms with Crippen LogP contribution in [0.15, 0.2) is 23.1 Å². The van der Waals surface area contributed by atoms with Crippen LogP contribution >= 0.6 is 0 Å². The van der Waals surface area contributed by atoms with Crippen LogP contribution in [-0.2, 0) is 33.0 Å². The van der Waals surface area contributed by atoms with E-state index in [-0.39, 0.29) is 23.2 Å². The summed E-state index contributed by atoms with van der Waals surface area (Å²) < 4.78 is 52.4. The Balaban J connectivity index is 2.34. The monoisotopic (exact) mass is 346 g/mol. The van der Waals surface area contributed by atoms with E-state index in [1.165, 1.54) is 4.31 Å². The van der Waals surface area contributed by atoms with Crippen molar-refractivity contribution in [2.45, 2.75) is 44.7 Å². The Morgan fingerprint density at radius 3 is 2.45 bits per heavy atom. The highest BCUT2D eigenvalue weighted by molar-refractivity contribution is 7.89. The number of fused-ring (bicyclic) bond motifs is 1. The summed E-state index contributed by atoms with van der Waals surface area (Å²) in [5.41, 5.74) is 1.76. The Labute approximate surface area is 132 Å². The maximum Gasteiger partial charge on any atom is 0.240 e. The molecule has 1 aliphatic heterocycles. The standard InChI is InChI=1S/C14H22N2O4S2/c1-4-21(17,18)16-8-7-12-5-6-14(9-13(12)10-16)22(19,20)15-11(2)3/h5-6,9,11,15H,4,7-8,10H2,1-3H3. The van der Waals surface area contributed by atoms with Crippen LogP contribution in [-0.4, -0.2) is 39.5 Å². The third-order valence-electron chi connectivity index (χ3n) is 3.61. The summed E-state index contributed by atoms with van der Waals surface area (Å²) in [4.78, 5) is 0.177. The zero-order valence-corrected chi connectivity index (χ0v) is 14.7. The Bertz CT molecular complexity index is 755. The second-order valence-corrected chi connectivity index (χ2v) is 9.66. The van der Waals surface area contributed by atoms with Crippen molar-refractivity contribution < 1.29 is 16.8 Å². The average molecular weight is 346 g/mol. The van der Waals surface area contributed by atoms with E-state index in [2.05, 4.69) is 4.72 Å². The molecule has 1 aromatic carbocycles. The van der Waals surface area contributed by atoms with Crippen LogP contribution in [0.25, 0.3) is 0 Å². The van der Waals surface area contributed by atoms with Crippen LogP contribution in [0.2, 0.25) is 0 Å². The molecule has 0 aliphatic carbocycles. The number of rotatable bonds is 5. The molecule has 22 heavy (non-hydrogen) atoms. The van der Waals surface area contributed by atoms with Gasteiger partial charge in [0, 0.05) is 19.1 Å². The van der Waals surface area contributed by atoms with Crippen LogP contribution in [0.3, 0.4) is 0 Å². The maximum absolute atomic E-state index is 12.2. The molecule has 1 aliphatic rings. The molecule has 0 atom stereocenters. The number of hydrogen-bond acceptors (Lipinski definition) is 4. The van der Waals surface area contributed by atoms with E-state index in [1.807, 2.05) is 0 Å². The molecule has 0 fully saturated rings. The number of hydrogen-bond donors (Lipinski definition) is 1. The average Bonchev–Trinajstić information content (AvgIpc) is 2.44. The van der Waals surface area contributed by atoms with Gasteiger partial charge in [-0.05, 0) is 50.5 Å². The van der Waals surface area contributed by atoms with E-state index >= 15 is 0 Å². The summed E-state index contributed by atoms with van der Waals surface area (Å²) in [7, 11) is -6.83. The van der Waals surface area contributed by atoms with Crippen molar-refractivity contribution in [1.82, 2.24) is 9.03 Å². The fourth-order valence-electron chi connectivity index (χ4n) is 2.47. The number of sulfonamides is 2. The van der Waals surface area contributed by atoms with Crippen molar-refractivity contribution in [1.29, 1.82) is 0 Å². The predicted molar refractivity (Wildman–Crippen MR) is 85.5 cm³/mol. The van der Waals surface area contributed by atoms with Gasteiger partial charge in [0.25, 0.3) is 0 Å². The summed E-state index contributed by atoms with van der Waals surface area (Å²) in [5, 5.41) is 0. The summed E-state index contributed by atoms with van der Waals surface area (Å²) >= 11 is 0. The normalized spacial score (nSPS) is 16.7. The second kappa shape index (κ2) is 6.27. The fraction of sp³-hybridized carbons (Fsp3) is 0.571. The zero-order valence-electron chi connectivity index (χ0n) is 13.0. The van der Waals surface area contributed by atoms with Gasteiger partial charge >= 0.3 is 0 Å². The van der Waals surface area contributed by atoms with Gasteiger partial charge in [0.05, 0.1) is 10.6 Å². The topological polar surface area (TPSA) is 83.6 Å². The molecule has 6 nitrogen and oxygen atoms in total. The van der Waals surface area contributed by atoms with Gasteiger partial charge in [-0.15, -0.1) is 0 Å². The molecule has 8 heteroatoms. The molecule has 1 N–H and O–H groups in total. The molecule has 0 aromatic heterocycles. The molecule has 0 saturated heterocycles. The summed E-state index contributed by atoms with van der Waals surface area (Å²) in [6.45, 7) is 5.80. The summed E-state index contributed by atoms with van der Waals surface area (Å²) in [5.74, 6) is 0.0508. The lowest BCUT2D eigenvalue weighted by atomic mass is 10.0. The highest BCUT2D eigenvalue weighted by Gasteiger charge is 2.26. The van der Waals surface area contributed by atoms with E-state index < -0.39 is 20.0 Å².